The topological polar surface area (TPSA) is 71.2 Å². The normalized spacial score (nSPS) is 23.4. The summed E-state index contributed by atoms with van der Waals surface area (Å²) in [6.45, 7) is 0. The van der Waals surface area contributed by atoms with Gasteiger partial charge in [-0.25, -0.2) is 0 Å². The summed E-state index contributed by atoms with van der Waals surface area (Å²) < 4.78 is 0. The number of nitrogens with zero attached hydrogens (tertiary/aromatic N) is 1. The van der Waals surface area contributed by atoms with E-state index in [2.05, 4.69) is 10.3 Å². The van der Waals surface area contributed by atoms with Crippen molar-refractivity contribution in [3.63, 3.8) is 0 Å². The van der Waals surface area contributed by atoms with Crippen molar-refractivity contribution in [2.45, 2.75) is 37.8 Å². The third kappa shape index (κ3) is 2.36. The lowest BCUT2D eigenvalue weighted by atomic mass is 9.92. The molecule has 1 saturated carbocycles. The second-order valence-electron chi connectivity index (χ2n) is 5.20. The van der Waals surface area contributed by atoms with Crippen LogP contribution in [0.1, 0.15) is 25.7 Å². The number of nitrogen functional groups attached to an aromatic ring is 1. The molecule has 1 aromatic heterocycles. The van der Waals surface area contributed by atoms with Crippen LogP contribution in [0.15, 0.2) is 30.5 Å². The Hall–Kier alpha value is -1.81. The monoisotopic (exact) mass is 257 g/mol. The Morgan fingerprint density at radius 2 is 2.05 bits per heavy atom. The van der Waals surface area contributed by atoms with E-state index in [1.165, 1.54) is 0 Å². The highest BCUT2D eigenvalue weighted by molar-refractivity contribution is 5.96. The van der Waals surface area contributed by atoms with E-state index >= 15 is 0 Å². The van der Waals surface area contributed by atoms with Gasteiger partial charge in [-0.1, -0.05) is 12.8 Å². The molecule has 0 radical (unpaired) electrons. The molecule has 1 fully saturated rings. The van der Waals surface area contributed by atoms with Gasteiger partial charge >= 0.3 is 0 Å². The Morgan fingerprint density at radius 3 is 2.89 bits per heavy atom. The van der Waals surface area contributed by atoms with Crippen LogP contribution in [0.3, 0.4) is 0 Å². The van der Waals surface area contributed by atoms with Crippen molar-refractivity contribution in [2.75, 3.05) is 11.1 Å². The van der Waals surface area contributed by atoms with Gasteiger partial charge < -0.3 is 16.2 Å². The molecule has 4 nitrogen and oxygen atoms in total. The fourth-order valence-corrected chi connectivity index (χ4v) is 2.78. The first kappa shape index (κ1) is 12.2. The van der Waals surface area contributed by atoms with Gasteiger partial charge in [0.05, 0.1) is 29.0 Å². The van der Waals surface area contributed by atoms with Gasteiger partial charge in [0.1, 0.15) is 0 Å². The minimum Gasteiger partial charge on any atom is -0.397 e. The Bertz CT molecular complexity index is 585. The summed E-state index contributed by atoms with van der Waals surface area (Å²) in [7, 11) is 0. The predicted octanol–water partition coefficient (Wildman–Crippen LogP) is 2.53. The molecule has 2 unspecified atom stereocenters. The summed E-state index contributed by atoms with van der Waals surface area (Å²) in [5, 5.41) is 14.4. The van der Waals surface area contributed by atoms with E-state index in [4.69, 9.17) is 5.73 Å². The van der Waals surface area contributed by atoms with E-state index in [-0.39, 0.29) is 12.1 Å². The van der Waals surface area contributed by atoms with Crippen molar-refractivity contribution in [1.82, 2.24) is 4.98 Å². The van der Waals surface area contributed by atoms with Crippen LogP contribution in [-0.4, -0.2) is 22.2 Å². The third-order valence-electron chi connectivity index (χ3n) is 3.90. The maximum absolute atomic E-state index is 10.0. The molecule has 1 aromatic carbocycles. The molecule has 0 aliphatic heterocycles. The SMILES string of the molecule is Nc1c(NC2CCCCC2O)ccc2ncccc12. The summed E-state index contributed by atoms with van der Waals surface area (Å²) in [4.78, 5) is 4.29. The number of hydrogen-bond donors (Lipinski definition) is 3. The van der Waals surface area contributed by atoms with Crippen molar-refractivity contribution in [2.24, 2.45) is 0 Å². The lowest BCUT2D eigenvalue weighted by Crippen LogP contribution is -2.36. The Labute approximate surface area is 112 Å². The molecule has 1 aliphatic carbocycles. The zero-order chi connectivity index (χ0) is 13.2. The Morgan fingerprint density at radius 1 is 1.21 bits per heavy atom. The van der Waals surface area contributed by atoms with E-state index in [0.29, 0.717) is 5.69 Å². The number of pyridine rings is 1. The zero-order valence-corrected chi connectivity index (χ0v) is 10.8. The number of aliphatic hydroxyl groups excluding tert-OH is 1. The number of nitrogens with one attached hydrogen (secondary N) is 1. The van der Waals surface area contributed by atoms with Crippen molar-refractivity contribution in [3.05, 3.63) is 30.5 Å². The maximum Gasteiger partial charge on any atom is 0.0741 e. The Kier molecular flexibility index (Phi) is 3.25. The molecular formula is C15H19N3O. The van der Waals surface area contributed by atoms with Gasteiger partial charge in [0, 0.05) is 11.6 Å². The summed E-state index contributed by atoms with van der Waals surface area (Å²) in [5.41, 5.74) is 8.70. The lowest BCUT2D eigenvalue weighted by molar-refractivity contribution is 0.116. The largest absolute Gasteiger partial charge is 0.397 e. The molecule has 2 atom stereocenters. The van der Waals surface area contributed by atoms with Gasteiger partial charge in [-0.2, -0.15) is 0 Å². The van der Waals surface area contributed by atoms with E-state index in [1.807, 2.05) is 24.3 Å². The molecule has 19 heavy (non-hydrogen) atoms. The molecule has 0 bridgehead atoms. The molecule has 2 aromatic rings. The first-order chi connectivity index (χ1) is 9.25. The highest BCUT2D eigenvalue weighted by Gasteiger charge is 2.23. The first-order valence-corrected chi connectivity index (χ1v) is 6.83. The highest BCUT2D eigenvalue weighted by atomic mass is 16.3. The van der Waals surface area contributed by atoms with Crippen LogP contribution in [0.2, 0.25) is 0 Å². The molecular weight excluding hydrogens is 238 g/mol. The fraction of sp³-hybridized carbons (Fsp3) is 0.400. The zero-order valence-electron chi connectivity index (χ0n) is 10.8. The number of fused-ring (bicyclic) bond motifs is 1. The third-order valence-corrected chi connectivity index (χ3v) is 3.90. The summed E-state index contributed by atoms with van der Waals surface area (Å²) in [5.74, 6) is 0. The first-order valence-electron chi connectivity index (χ1n) is 6.83. The standard InChI is InChI=1S/C15H19N3O/c16-15-10-4-3-9-17-11(10)7-8-13(15)18-12-5-1-2-6-14(12)19/h3-4,7-9,12,14,18-19H,1-2,5-6,16H2. The number of aromatic nitrogens is 1. The van der Waals surface area contributed by atoms with Gasteiger partial charge in [0.15, 0.2) is 0 Å². The van der Waals surface area contributed by atoms with Gasteiger partial charge in [-0.15, -0.1) is 0 Å². The number of anilines is 2. The number of nitrogens with two attached hydrogens (primary N) is 1. The average Bonchev–Trinajstić information content (AvgIpc) is 2.44. The van der Waals surface area contributed by atoms with Crippen LogP contribution in [0.4, 0.5) is 11.4 Å². The quantitative estimate of drug-likeness (QED) is 0.723. The molecule has 4 heteroatoms. The molecule has 100 valence electrons. The van der Waals surface area contributed by atoms with Crippen molar-refractivity contribution < 1.29 is 5.11 Å². The van der Waals surface area contributed by atoms with Crippen LogP contribution < -0.4 is 11.1 Å². The minimum atomic E-state index is -0.280. The summed E-state index contributed by atoms with van der Waals surface area (Å²) >= 11 is 0. The van der Waals surface area contributed by atoms with Crippen LogP contribution in [0.25, 0.3) is 10.9 Å². The van der Waals surface area contributed by atoms with E-state index in [1.54, 1.807) is 6.20 Å². The number of benzene rings is 1. The van der Waals surface area contributed by atoms with Crippen LogP contribution in [0, 0.1) is 0 Å². The molecule has 1 heterocycles. The van der Waals surface area contributed by atoms with Gasteiger partial charge in [-0.05, 0) is 37.1 Å². The maximum atomic E-state index is 10.0. The summed E-state index contributed by atoms with van der Waals surface area (Å²) in [6, 6.07) is 7.87. The molecule has 4 N–H and O–H groups in total. The second-order valence-corrected chi connectivity index (χ2v) is 5.20. The number of rotatable bonds is 2. The molecule has 0 saturated heterocycles. The smallest absolute Gasteiger partial charge is 0.0741 e. The number of hydrogen-bond acceptors (Lipinski definition) is 4. The number of aliphatic hydroxyl groups is 1. The average molecular weight is 257 g/mol. The van der Waals surface area contributed by atoms with Crippen molar-refractivity contribution in [1.29, 1.82) is 0 Å². The highest BCUT2D eigenvalue weighted by Crippen LogP contribution is 2.30. The van der Waals surface area contributed by atoms with Crippen LogP contribution in [-0.2, 0) is 0 Å². The molecule has 0 amide bonds. The van der Waals surface area contributed by atoms with Crippen molar-refractivity contribution in [3.8, 4) is 0 Å². The van der Waals surface area contributed by atoms with Gasteiger partial charge in [-0.3, -0.25) is 4.98 Å². The van der Waals surface area contributed by atoms with Gasteiger partial charge in [0.25, 0.3) is 0 Å². The van der Waals surface area contributed by atoms with Crippen LogP contribution in [0.5, 0.6) is 0 Å². The van der Waals surface area contributed by atoms with E-state index < -0.39 is 0 Å². The fourth-order valence-electron chi connectivity index (χ4n) is 2.78. The lowest BCUT2D eigenvalue weighted by Gasteiger charge is -2.29. The second kappa shape index (κ2) is 5.05. The molecule has 3 rings (SSSR count). The minimum absolute atomic E-state index is 0.102. The van der Waals surface area contributed by atoms with Gasteiger partial charge in [0.2, 0.25) is 0 Å². The van der Waals surface area contributed by atoms with E-state index in [9.17, 15) is 5.11 Å². The molecule has 0 spiro atoms. The Balaban J connectivity index is 1.90. The van der Waals surface area contributed by atoms with Crippen LogP contribution >= 0.6 is 0 Å². The summed E-state index contributed by atoms with van der Waals surface area (Å²) in [6.07, 6.45) is 5.61. The predicted molar refractivity (Wildman–Crippen MR) is 78.0 cm³/mol. The van der Waals surface area contributed by atoms with Crippen molar-refractivity contribution >= 4 is 22.3 Å². The van der Waals surface area contributed by atoms with E-state index in [0.717, 1.165) is 42.3 Å². The molecule has 1 aliphatic rings.